The maximum absolute atomic E-state index is 5.60. The van der Waals surface area contributed by atoms with Crippen molar-refractivity contribution in [2.75, 3.05) is 0 Å². The van der Waals surface area contributed by atoms with Crippen molar-refractivity contribution < 1.29 is 0 Å². The van der Waals surface area contributed by atoms with Crippen molar-refractivity contribution in [1.82, 2.24) is 19.5 Å². The number of aromatic nitrogens is 4. The van der Waals surface area contributed by atoms with Gasteiger partial charge in [-0.15, -0.1) is 11.3 Å². The van der Waals surface area contributed by atoms with Crippen LogP contribution >= 0.6 is 11.3 Å². The summed E-state index contributed by atoms with van der Waals surface area (Å²) in [7, 11) is 0. The highest BCUT2D eigenvalue weighted by atomic mass is 32.1. The molecule has 0 unspecified atom stereocenters. The predicted octanol–water partition coefficient (Wildman–Crippen LogP) is 16.6. The van der Waals surface area contributed by atoms with Gasteiger partial charge in [0.25, 0.3) is 0 Å². The summed E-state index contributed by atoms with van der Waals surface area (Å²) in [5, 5.41) is 14.2. The second-order valence-corrected chi connectivity index (χ2v) is 18.2. The van der Waals surface area contributed by atoms with E-state index in [4.69, 9.17) is 15.0 Å². The van der Waals surface area contributed by atoms with E-state index in [9.17, 15) is 0 Å². The Bertz CT molecular complexity index is 4240. The molecule has 4 nitrogen and oxygen atoms in total. The maximum Gasteiger partial charge on any atom is 0.165 e. The largest absolute Gasteiger partial charge is 0.309 e. The lowest BCUT2D eigenvalue weighted by Gasteiger charge is -2.18. The van der Waals surface area contributed by atoms with Gasteiger partial charge in [-0.3, -0.25) is 0 Å². The molecule has 306 valence electrons. The van der Waals surface area contributed by atoms with Gasteiger partial charge >= 0.3 is 0 Å². The van der Waals surface area contributed by atoms with Gasteiger partial charge in [0.05, 0.1) is 11.0 Å². The fourth-order valence-electron chi connectivity index (χ4n) is 10.4. The third kappa shape index (κ3) is 5.67. The van der Waals surface area contributed by atoms with Crippen molar-refractivity contribution in [3.05, 3.63) is 218 Å². The molecule has 3 aromatic heterocycles. The van der Waals surface area contributed by atoms with Gasteiger partial charge in [0, 0.05) is 53.3 Å². The first-order valence-electron chi connectivity index (χ1n) is 22.3. The summed E-state index contributed by atoms with van der Waals surface area (Å²) in [6.07, 6.45) is 0. The van der Waals surface area contributed by atoms with Crippen LogP contribution in [-0.2, 0) is 0 Å². The zero-order valence-electron chi connectivity index (χ0n) is 35.5. The van der Waals surface area contributed by atoms with Crippen LogP contribution < -0.4 is 0 Å². The first-order chi connectivity index (χ1) is 32.7. The van der Waals surface area contributed by atoms with Crippen LogP contribution in [0.3, 0.4) is 0 Å². The third-order valence-corrected chi connectivity index (χ3v) is 14.5. The first kappa shape index (κ1) is 36.9. The molecule has 0 radical (unpaired) electrons. The molecule has 0 atom stereocenters. The summed E-state index contributed by atoms with van der Waals surface area (Å²) >= 11 is 1.85. The summed E-state index contributed by atoms with van der Waals surface area (Å²) in [6, 6.07) is 78.8. The minimum Gasteiger partial charge on any atom is -0.309 e. The van der Waals surface area contributed by atoms with Gasteiger partial charge in [-0.2, -0.15) is 0 Å². The monoisotopic (exact) mass is 856 g/mol. The predicted molar refractivity (Wildman–Crippen MR) is 279 cm³/mol. The SMILES string of the molecule is c1ccc(-c2nc(-c3ccc(-n4c5ccccc5c5cc6ccccc6cc54)cc3-c3c4ccccc4cc4sc5ccccc5c34)nc(-c3c4ccccc4cc4ccccc34)n2)cc1. The number of hydrogen-bond acceptors (Lipinski definition) is 4. The van der Waals surface area contributed by atoms with Gasteiger partial charge in [0.15, 0.2) is 17.5 Å². The van der Waals surface area contributed by atoms with Gasteiger partial charge in [0.1, 0.15) is 0 Å². The second kappa shape index (κ2) is 14.5. The average molecular weight is 857 g/mol. The zero-order valence-corrected chi connectivity index (χ0v) is 36.3. The molecule has 14 aromatic rings. The summed E-state index contributed by atoms with van der Waals surface area (Å²) < 4.78 is 4.94. The number of thiophene rings is 1. The quantitative estimate of drug-likeness (QED) is 0.162. The molecule has 0 saturated heterocycles. The van der Waals surface area contributed by atoms with E-state index in [0.717, 1.165) is 60.5 Å². The van der Waals surface area contributed by atoms with E-state index in [1.807, 2.05) is 17.4 Å². The number of fused-ring (bicyclic) bond motifs is 10. The maximum atomic E-state index is 5.60. The Hall–Kier alpha value is -8.51. The molecule has 0 aliphatic rings. The van der Waals surface area contributed by atoms with Crippen molar-refractivity contribution in [3.63, 3.8) is 0 Å². The molecule has 0 amide bonds. The lowest BCUT2D eigenvalue weighted by molar-refractivity contribution is 1.08. The minimum absolute atomic E-state index is 0.617. The Morgan fingerprint density at radius 2 is 0.879 bits per heavy atom. The topological polar surface area (TPSA) is 43.6 Å². The molecule has 0 aliphatic carbocycles. The van der Waals surface area contributed by atoms with Crippen LogP contribution in [0.25, 0.3) is 136 Å². The van der Waals surface area contributed by atoms with Gasteiger partial charge in [-0.25, -0.2) is 15.0 Å². The Kier molecular flexibility index (Phi) is 8.12. The Morgan fingerprint density at radius 3 is 1.62 bits per heavy atom. The smallest absolute Gasteiger partial charge is 0.165 e. The van der Waals surface area contributed by atoms with Crippen molar-refractivity contribution in [2.45, 2.75) is 0 Å². The lowest BCUT2D eigenvalue weighted by atomic mass is 9.90. The highest BCUT2D eigenvalue weighted by molar-refractivity contribution is 7.26. The van der Waals surface area contributed by atoms with Gasteiger partial charge < -0.3 is 4.57 Å². The average Bonchev–Trinajstić information content (AvgIpc) is 3.91. The normalized spacial score (nSPS) is 11.9. The molecule has 11 aromatic carbocycles. The van der Waals surface area contributed by atoms with Crippen LogP contribution in [0.2, 0.25) is 0 Å². The van der Waals surface area contributed by atoms with E-state index >= 15 is 0 Å². The molecule has 0 bridgehead atoms. The van der Waals surface area contributed by atoms with E-state index in [0.29, 0.717) is 17.5 Å². The molecule has 3 heterocycles. The fraction of sp³-hybridized carbons (Fsp3) is 0. The summed E-state index contributed by atoms with van der Waals surface area (Å²) in [5.74, 6) is 1.88. The Labute approximate surface area is 383 Å². The van der Waals surface area contributed by atoms with E-state index < -0.39 is 0 Å². The van der Waals surface area contributed by atoms with Crippen molar-refractivity contribution in [2.24, 2.45) is 0 Å². The second-order valence-electron chi connectivity index (χ2n) is 17.1. The molecular weight excluding hydrogens is 821 g/mol. The van der Waals surface area contributed by atoms with Crippen molar-refractivity contribution in [3.8, 4) is 51.0 Å². The van der Waals surface area contributed by atoms with E-state index in [-0.39, 0.29) is 0 Å². The Morgan fingerprint density at radius 1 is 0.318 bits per heavy atom. The van der Waals surface area contributed by atoms with E-state index in [1.165, 1.54) is 58.1 Å². The molecular formula is C61H36N4S. The molecule has 0 aliphatic heterocycles. The number of benzene rings is 11. The first-order valence-corrected chi connectivity index (χ1v) is 23.2. The number of nitrogens with zero attached hydrogens (tertiary/aromatic N) is 4. The molecule has 66 heavy (non-hydrogen) atoms. The van der Waals surface area contributed by atoms with E-state index in [2.05, 4.69) is 217 Å². The summed E-state index contributed by atoms with van der Waals surface area (Å²) in [5.41, 5.74) is 8.47. The van der Waals surface area contributed by atoms with Crippen molar-refractivity contribution in [1.29, 1.82) is 0 Å². The number of para-hydroxylation sites is 1. The lowest BCUT2D eigenvalue weighted by Crippen LogP contribution is -2.03. The standard InChI is InChI=1S/C61H36N4S/c1-2-16-37(17-3-1)59-62-60(64-61(63-59)57-45-24-10-6-20-40(45)32-41-21-7-11-25-46(41)57)48-31-30-43(65-52-28-14-12-26-47(52)50-33-38-18-4-5-19-39(38)34-53(50)65)36-51(48)56-44-23-9-8-22-42(44)35-55-58(56)49-27-13-15-29-54(49)66-55/h1-36H. The fourth-order valence-corrected chi connectivity index (χ4v) is 11.6. The van der Waals surface area contributed by atoms with Crippen LogP contribution in [-0.4, -0.2) is 19.5 Å². The van der Waals surface area contributed by atoms with Crippen LogP contribution in [0.4, 0.5) is 0 Å². The molecule has 0 fully saturated rings. The van der Waals surface area contributed by atoms with Crippen LogP contribution in [0.1, 0.15) is 0 Å². The highest BCUT2D eigenvalue weighted by Crippen LogP contribution is 2.48. The summed E-state index contributed by atoms with van der Waals surface area (Å²) in [4.78, 5) is 16.4. The van der Waals surface area contributed by atoms with Crippen LogP contribution in [0, 0.1) is 0 Å². The van der Waals surface area contributed by atoms with E-state index in [1.54, 1.807) is 0 Å². The van der Waals surface area contributed by atoms with Crippen LogP contribution in [0.15, 0.2) is 218 Å². The summed E-state index contributed by atoms with van der Waals surface area (Å²) in [6.45, 7) is 0. The van der Waals surface area contributed by atoms with Crippen molar-refractivity contribution >= 4 is 96.4 Å². The molecule has 0 N–H and O–H groups in total. The van der Waals surface area contributed by atoms with Gasteiger partial charge in [-0.1, -0.05) is 164 Å². The highest BCUT2D eigenvalue weighted by Gasteiger charge is 2.24. The zero-order chi connectivity index (χ0) is 43.3. The molecule has 0 spiro atoms. The number of rotatable bonds is 5. The number of hydrogen-bond donors (Lipinski definition) is 0. The minimum atomic E-state index is 0.617. The van der Waals surface area contributed by atoms with Gasteiger partial charge in [0.2, 0.25) is 0 Å². The molecule has 5 heteroatoms. The molecule has 0 saturated carbocycles. The van der Waals surface area contributed by atoms with Gasteiger partial charge in [-0.05, 0) is 109 Å². The Balaban J connectivity index is 1.13. The molecule has 14 rings (SSSR count). The van der Waals surface area contributed by atoms with Crippen LogP contribution in [0.5, 0.6) is 0 Å². The third-order valence-electron chi connectivity index (χ3n) is 13.4.